The van der Waals surface area contributed by atoms with Gasteiger partial charge in [-0.3, -0.25) is 14.9 Å². The van der Waals surface area contributed by atoms with Crippen LogP contribution in [-0.2, 0) is 21.4 Å². The second kappa shape index (κ2) is 11.6. The Hall–Kier alpha value is -4.94. The zero-order valence-electron chi connectivity index (χ0n) is 24.3. The molecule has 0 fully saturated rings. The van der Waals surface area contributed by atoms with Gasteiger partial charge in [0.25, 0.3) is 0 Å². The average molecular weight is 612 g/mol. The van der Waals surface area contributed by atoms with Crippen molar-refractivity contribution < 1.29 is 17.6 Å². The lowest BCUT2D eigenvalue weighted by Gasteiger charge is -2.09. The van der Waals surface area contributed by atoms with E-state index in [0.717, 1.165) is 39.2 Å². The number of nitrogens with one attached hydrogen (secondary N) is 4. The molecule has 0 atom stereocenters. The summed E-state index contributed by atoms with van der Waals surface area (Å²) in [4.78, 5) is 24.5. The highest BCUT2D eigenvalue weighted by Crippen LogP contribution is 2.35. The molecule has 0 aliphatic carbocycles. The summed E-state index contributed by atoms with van der Waals surface area (Å²) < 4.78 is 40.2. The van der Waals surface area contributed by atoms with Crippen molar-refractivity contribution in [3.63, 3.8) is 0 Å². The van der Waals surface area contributed by atoms with E-state index in [-0.39, 0.29) is 18.4 Å². The van der Waals surface area contributed by atoms with Crippen molar-refractivity contribution in [3.8, 4) is 33.6 Å². The smallest absolute Gasteiger partial charge is 0.224 e. The van der Waals surface area contributed by atoms with Crippen LogP contribution in [0.3, 0.4) is 0 Å². The molecular formula is C32H30FN7O3S. The minimum absolute atomic E-state index is 0.0272. The highest BCUT2D eigenvalue weighted by molar-refractivity contribution is 7.88. The molecule has 0 bridgehead atoms. The van der Waals surface area contributed by atoms with Gasteiger partial charge < -0.3 is 10.3 Å². The van der Waals surface area contributed by atoms with Gasteiger partial charge in [0.1, 0.15) is 17.2 Å². The molecule has 0 aliphatic rings. The molecule has 224 valence electrons. The molecule has 0 saturated heterocycles. The van der Waals surface area contributed by atoms with Gasteiger partial charge in [0.05, 0.1) is 29.4 Å². The molecule has 0 spiro atoms. The molecule has 0 saturated carbocycles. The minimum Gasteiger partial charge on any atom is -0.338 e. The molecule has 4 aromatic heterocycles. The number of benzene rings is 2. The van der Waals surface area contributed by atoms with Crippen LogP contribution in [0.25, 0.3) is 55.6 Å². The molecule has 4 heterocycles. The molecule has 4 N–H and O–H groups in total. The molecule has 6 rings (SSSR count). The van der Waals surface area contributed by atoms with Gasteiger partial charge in [-0.05, 0) is 76.7 Å². The van der Waals surface area contributed by atoms with E-state index in [0.29, 0.717) is 40.3 Å². The Labute approximate surface area is 253 Å². The normalized spacial score (nSPS) is 11.9. The van der Waals surface area contributed by atoms with E-state index < -0.39 is 15.8 Å². The number of anilines is 1. The zero-order valence-corrected chi connectivity index (χ0v) is 25.1. The highest BCUT2D eigenvalue weighted by atomic mass is 32.2. The summed E-state index contributed by atoms with van der Waals surface area (Å²) >= 11 is 0. The van der Waals surface area contributed by atoms with Crippen LogP contribution in [0, 0.1) is 11.7 Å². The summed E-state index contributed by atoms with van der Waals surface area (Å²) in [6, 6.07) is 16.0. The van der Waals surface area contributed by atoms with E-state index >= 15 is 0 Å². The van der Waals surface area contributed by atoms with E-state index in [2.05, 4.69) is 35.2 Å². The van der Waals surface area contributed by atoms with Crippen molar-refractivity contribution in [1.82, 2.24) is 29.9 Å². The number of nitrogens with zero attached hydrogens (tertiary/aromatic N) is 3. The molecular weight excluding hydrogens is 581 g/mol. The van der Waals surface area contributed by atoms with E-state index in [9.17, 15) is 17.6 Å². The number of sulfonamides is 1. The lowest BCUT2D eigenvalue weighted by molar-refractivity contribution is -0.116. The van der Waals surface area contributed by atoms with E-state index in [1.54, 1.807) is 30.7 Å². The summed E-state index contributed by atoms with van der Waals surface area (Å²) in [6.45, 7) is 3.96. The van der Waals surface area contributed by atoms with Crippen LogP contribution in [0.15, 0.2) is 73.2 Å². The van der Waals surface area contributed by atoms with Gasteiger partial charge in [-0.25, -0.2) is 22.5 Å². The molecule has 10 nitrogen and oxygen atoms in total. The molecule has 12 heteroatoms. The Bertz CT molecular complexity index is 2140. The number of aromatic nitrogens is 5. The van der Waals surface area contributed by atoms with E-state index in [1.165, 1.54) is 12.1 Å². The maximum absolute atomic E-state index is 14.6. The monoisotopic (exact) mass is 611 g/mol. The largest absolute Gasteiger partial charge is 0.338 e. The number of carbonyl (C=O) groups is 1. The van der Waals surface area contributed by atoms with Crippen molar-refractivity contribution in [2.75, 3.05) is 11.6 Å². The SMILES string of the molecule is CC(C)CC(=O)Nc1cncc(-c2ccc3[nH]nc(-c4cc5c(-c6cc(F)cc(CNS(C)(=O)=O)c6)ccnc5[nH]4)c3c2)c1. The Balaban J connectivity index is 1.36. The third-order valence-corrected chi connectivity index (χ3v) is 7.77. The second-order valence-electron chi connectivity index (χ2n) is 11.2. The number of rotatable bonds is 9. The second-order valence-corrected chi connectivity index (χ2v) is 13.0. The third-order valence-electron chi connectivity index (χ3n) is 7.11. The molecule has 44 heavy (non-hydrogen) atoms. The number of pyridine rings is 2. The van der Waals surface area contributed by atoms with Crippen LogP contribution in [0.5, 0.6) is 0 Å². The third kappa shape index (κ3) is 6.36. The topological polar surface area (TPSA) is 146 Å². The maximum Gasteiger partial charge on any atom is 0.224 e. The van der Waals surface area contributed by atoms with Crippen LogP contribution in [0.2, 0.25) is 0 Å². The number of hydrogen-bond acceptors (Lipinski definition) is 6. The Morgan fingerprint density at radius 1 is 0.977 bits per heavy atom. The Kier molecular flexibility index (Phi) is 7.70. The van der Waals surface area contributed by atoms with E-state index in [1.807, 2.05) is 44.2 Å². The van der Waals surface area contributed by atoms with E-state index in [4.69, 9.17) is 0 Å². The van der Waals surface area contributed by atoms with Crippen LogP contribution < -0.4 is 10.0 Å². The fourth-order valence-electron chi connectivity index (χ4n) is 5.18. The Morgan fingerprint density at radius 3 is 2.61 bits per heavy atom. The number of hydrogen-bond donors (Lipinski definition) is 4. The molecule has 0 radical (unpaired) electrons. The van der Waals surface area contributed by atoms with Gasteiger partial charge in [0.15, 0.2) is 0 Å². The first kappa shape index (κ1) is 29.1. The standard InChI is InChI=1S/C32H30FN7O3S/c1-18(2)8-30(41)37-24-12-22(16-34-17-24)20-4-5-28-27(13-20)31(40-39-28)29-14-26-25(6-7-35-32(26)38-29)21-9-19(10-23(33)11-21)15-36-44(3,42)43/h4-7,9-14,16-18,36H,8,15H2,1-3H3,(H,35,38)(H,37,41)(H,39,40). The summed E-state index contributed by atoms with van der Waals surface area (Å²) in [5, 5.41) is 12.2. The van der Waals surface area contributed by atoms with Gasteiger partial charge in [-0.2, -0.15) is 5.10 Å². The Morgan fingerprint density at radius 2 is 1.82 bits per heavy atom. The van der Waals surface area contributed by atoms with Gasteiger partial charge in [-0.15, -0.1) is 0 Å². The number of H-pyrrole nitrogens is 2. The lowest BCUT2D eigenvalue weighted by atomic mass is 10.0. The van der Waals surface area contributed by atoms with Crippen molar-refractivity contribution >= 4 is 43.6 Å². The van der Waals surface area contributed by atoms with Crippen LogP contribution >= 0.6 is 0 Å². The van der Waals surface area contributed by atoms with Crippen molar-refractivity contribution in [2.45, 2.75) is 26.8 Å². The van der Waals surface area contributed by atoms with Crippen LogP contribution in [-0.4, -0.2) is 45.7 Å². The van der Waals surface area contributed by atoms with Gasteiger partial charge >= 0.3 is 0 Å². The van der Waals surface area contributed by atoms with Crippen molar-refractivity contribution in [1.29, 1.82) is 0 Å². The zero-order chi connectivity index (χ0) is 31.0. The number of fused-ring (bicyclic) bond motifs is 2. The molecule has 2 aromatic carbocycles. The first-order chi connectivity index (χ1) is 21.0. The van der Waals surface area contributed by atoms with Crippen molar-refractivity contribution in [2.24, 2.45) is 5.92 Å². The number of halogens is 1. The fraction of sp³-hybridized carbons (Fsp3) is 0.188. The van der Waals surface area contributed by atoms with Gasteiger partial charge in [0.2, 0.25) is 15.9 Å². The van der Waals surface area contributed by atoms with Crippen LogP contribution in [0.4, 0.5) is 10.1 Å². The predicted molar refractivity (Wildman–Crippen MR) is 170 cm³/mol. The van der Waals surface area contributed by atoms with Gasteiger partial charge in [0, 0.05) is 41.7 Å². The quantitative estimate of drug-likeness (QED) is 0.158. The lowest BCUT2D eigenvalue weighted by Crippen LogP contribution is -2.21. The van der Waals surface area contributed by atoms with Crippen molar-refractivity contribution in [3.05, 3.63) is 84.6 Å². The molecule has 6 aromatic rings. The minimum atomic E-state index is -3.44. The van der Waals surface area contributed by atoms with Crippen LogP contribution in [0.1, 0.15) is 25.8 Å². The molecule has 0 aliphatic heterocycles. The van der Waals surface area contributed by atoms with Gasteiger partial charge in [-0.1, -0.05) is 19.9 Å². The molecule has 1 amide bonds. The highest BCUT2D eigenvalue weighted by Gasteiger charge is 2.16. The number of amides is 1. The summed E-state index contributed by atoms with van der Waals surface area (Å²) in [7, 11) is -3.44. The number of carbonyl (C=O) groups excluding carboxylic acids is 1. The average Bonchev–Trinajstić information content (AvgIpc) is 3.59. The fourth-order valence-corrected chi connectivity index (χ4v) is 5.61. The maximum atomic E-state index is 14.6. The summed E-state index contributed by atoms with van der Waals surface area (Å²) in [6.07, 6.45) is 6.50. The molecule has 0 unspecified atom stereocenters. The first-order valence-electron chi connectivity index (χ1n) is 14.0. The number of aromatic amines is 2. The first-order valence-corrected chi connectivity index (χ1v) is 15.9. The summed E-state index contributed by atoms with van der Waals surface area (Å²) in [5.74, 6) is -0.282. The summed E-state index contributed by atoms with van der Waals surface area (Å²) in [5.41, 5.74) is 7.01. The predicted octanol–water partition coefficient (Wildman–Crippen LogP) is 6.01.